The van der Waals surface area contributed by atoms with Crippen LogP contribution in [-0.2, 0) is 15.7 Å². The summed E-state index contributed by atoms with van der Waals surface area (Å²) in [5, 5.41) is 5.94. The molecule has 4 rings (SSSR count). The third-order valence-electron chi connectivity index (χ3n) is 7.75. The third-order valence-corrected chi connectivity index (χ3v) is 12.8. The van der Waals surface area contributed by atoms with Gasteiger partial charge in [-0.3, -0.25) is 0 Å². The number of nitrogens with one attached hydrogen (secondary N) is 1. The highest BCUT2D eigenvalue weighted by molar-refractivity contribution is 6.99. The SMILES string of the molecule is C=C[C@H](NCc1ccccc1)[C@@H]1C[C@@H](O[Si](c2ccccc2)(c2ccccc2)C(C)(C)C)CN1C(=O)OC(C)(C)C. The van der Waals surface area contributed by atoms with Crippen molar-refractivity contribution in [3.63, 3.8) is 0 Å². The van der Waals surface area contributed by atoms with Crippen LogP contribution in [0.2, 0.25) is 5.04 Å². The quantitative estimate of drug-likeness (QED) is 0.243. The van der Waals surface area contributed by atoms with Gasteiger partial charge in [-0.1, -0.05) is 118 Å². The topological polar surface area (TPSA) is 50.8 Å². The van der Waals surface area contributed by atoms with Crippen LogP contribution in [0.3, 0.4) is 0 Å². The molecule has 0 radical (unpaired) electrons. The summed E-state index contributed by atoms with van der Waals surface area (Å²) in [5.41, 5.74) is 0.584. The van der Waals surface area contributed by atoms with E-state index in [4.69, 9.17) is 9.16 Å². The number of nitrogens with zero attached hydrogens (tertiary/aromatic N) is 1. The number of likely N-dealkylation sites (tertiary alicyclic amines) is 1. The minimum Gasteiger partial charge on any atom is -0.444 e. The van der Waals surface area contributed by atoms with Crippen LogP contribution >= 0.6 is 0 Å². The lowest BCUT2D eigenvalue weighted by atomic mass is 10.0. The first kappa shape index (κ1) is 30.8. The Morgan fingerprint density at radius 1 is 0.927 bits per heavy atom. The molecule has 0 aliphatic carbocycles. The van der Waals surface area contributed by atoms with Crippen molar-refractivity contribution in [1.82, 2.24) is 10.2 Å². The predicted octanol–water partition coefficient (Wildman–Crippen LogP) is 6.29. The average Bonchev–Trinajstić information content (AvgIpc) is 3.36. The number of ether oxygens (including phenoxy) is 1. The van der Waals surface area contributed by atoms with Crippen molar-refractivity contribution in [1.29, 1.82) is 0 Å². The fourth-order valence-corrected chi connectivity index (χ4v) is 10.6. The van der Waals surface area contributed by atoms with Crippen LogP contribution in [0, 0.1) is 0 Å². The van der Waals surface area contributed by atoms with Gasteiger partial charge in [0.25, 0.3) is 8.32 Å². The molecule has 1 heterocycles. The third kappa shape index (κ3) is 7.18. The minimum absolute atomic E-state index is 0.129. The van der Waals surface area contributed by atoms with E-state index in [2.05, 4.69) is 105 Å². The summed E-state index contributed by atoms with van der Waals surface area (Å²) in [6.07, 6.45) is 2.11. The summed E-state index contributed by atoms with van der Waals surface area (Å²) in [4.78, 5) is 15.5. The molecule has 1 aliphatic heterocycles. The van der Waals surface area contributed by atoms with Gasteiger partial charge in [-0.25, -0.2) is 4.79 Å². The Bertz CT molecular complexity index is 1230. The van der Waals surface area contributed by atoms with E-state index in [9.17, 15) is 4.79 Å². The van der Waals surface area contributed by atoms with E-state index in [1.807, 2.05) is 49.9 Å². The first-order chi connectivity index (χ1) is 19.4. The summed E-state index contributed by atoms with van der Waals surface area (Å²) in [7, 11) is -2.80. The fraction of sp³-hybridized carbons (Fsp3) is 0.400. The number of rotatable bonds is 9. The van der Waals surface area contributed by atoms with Crippen LogP contribution in [0.15, 0.2) is 104 Å². The van der Waals surface area contributed by atoms with Gasteiger partial charge in [0, 0.05) is 19.1 Å². The normalized spacial score (nSPS) is 18.6. The lowest BCUT2D eigenvalue weighted by Crippen LogP contribution is -2.67. The number of hydrogen-bond donors (Lipinski definition) is 1. The van der Waals surface area contributed by atoms with Gasteiger partial charge in [0.05, 0.1) is 12.1 Å². The second kappa shape index (κ2) is 12.8. The van der Waals surface area contributed by atoms with Gasteiger partial charge in [-0.05, 0) is 48.2 Å². The molecule has 1 aliphatic rings. The monoisotopic (exact) mass is 570 g/mol. The summed E-state index contributed by atoms with van der Waals surface area (Å²) < 4.78 is 13.4. The smallest absolute Gasteiger partial charge is 0.410 e. The Morgan fingerprint density at radius 2 is 1.44 bits per heavy atom. The number of carbonyl (C=O) groups excluding carboxylic acids is 1. The average molecular weight is 571 g/mol. The van der Waals surface area contributed by atoms with Gasteiger partial charge >= 0.3 is 6.09 Å². The molecule has 41 heavy (non-hydrogen) atoms. The maximum atomic E-state index is 13.6. The summed E-state index contributed by atoms with van der Waals surface area (Å²) in [6, 6.07) is 31.3. The summed E-state index contributed by atoms with van der Waals surface area (Å²) >= 11 is 0. The van der Waals surface area contributed by atoms with E-state index in [1.165, 1.54) is 15.9 Å². The molecule has 3 aromatic carbocycles. The molecule has 6 heteroatoms. The number of benzene rings is 3. The molecule has 0 saturated carbocycles. The molecule has 1 amide bonds. The Labute approximate surface area is 247 Å². The Kier molecular flexibility index (Phi) is 9.57. The molecule has 0 bridgehead atoms. The molecule has 218 valence electrons. The number of hydrogen-bond acceptors (Lipinski definition) is 4. The van der Waals surface area contributed by atoms with Gasteiger partial charge in [-0.2, -0.15) is 0 Å². The molecule has 3 atom stereocenters. The van der Waals surface area contributed by atoms with Crippen LogP contribution < -0.4 is 15.7 Å². The second-order valence-corrected chi connectivity index (χ2v) is 17.2. The molecule has 1 N–H and O–H groups in total. The van der Waals surface area contributed by atoms with Crippen molar-refractivity contribution < 1.29 is 14.0 Å². The first-order valence-corrected chi connectivity index (χ1v) is 16.5. The van der Waals surface area contributed by atoms with Crippen LogP contribution in [0.25, 0.3) is 0 Å². The maximum absolute atomic E-state index is 13.6. The van der Waals surface area contributed by atoms with Crippen LogP contribution in [0.1, 0.15) is 53.5 Å². The van der Waals surface area contributed by atoms with Crippen LogP contribution in [0.4, 0.5) is 4.79 Å². The molecule has 3 aromatic rings. The van der Waals surface area contributed by atoms with E-state index < -0.39 is 13.9 Å². The van der Waals surface area contributed by atoms with Crippen molar-refractivity contribution in [3.8, 4) is 0 Å². The summed E-state index contributed by atoms with van der Waals surface area (Å²) in [5.74, 6) is 0. The first-order valence-electron chi connectivity index (χ1n) is 14.6. The second-order valence-electron chi connectivity index (χ2n) is 13.0. The van der Waals surface area contributed by atoms with E-state index in [0.29, 0.717) is 19.5 Å². The zero-order valence-corrected chi connectivity index (χ0v) is 26.5. The molecule has 5 nitrogen and oxygen atoms in total. The molecule has 0 unspecified atom stereocenters. The van der Waals surface area contributed by atoms with Crippen molar-refractivity contribution >= 4 is 24.8 Å². The van der Waals surface area contributed by atoms with Gasteiger partial charge in [0.15, 0.2) is 0 Å². The molecule has 1 fully saturated rings. The van der Waals surface area contributed by atoms with Gasteiger partial charge in [0.2, 0.25) is 0 Å². The van der Waals surface area contributed by atoms with Crippen LogP contribution in [-0.4, -0.2) is 49.6 Å². The van der Waals surface area contributed by atoms with Crippen molar-refractivity contribution in [3.05, 3.63) is 109 Å². The highest BCUT2D eigenvalue weighted by atomic mass is 28.4. The zero-order chi connectivity index (χ0) is 29.7. The minimum atomic E-state index is -2.80. The van der Waals surface area contributed by atoms with Gasteiger partial charge in [-0.15, -0.1) is 6.58 Å². The largest absolute Gasteiger partial charge is 0.444 e. The lowest BCUT2D eigenvalue weighted by Gasteiger charge is -2.44. The molecular weight excluding hydrogens is 524 g/mol. The van der Waals surface area contributed by atoms with E-state index in [-0.39, 0.29) is 29.3 Å². The highest BCUT2D eigenvalue weighted by Crippen LogP contribution is 2.39. The van der Waals surface area contributed by atoms with Gasteiger partial charge < -0.3 is 19.4 Å². The maximum Gasteiger partial charge on any atom is 0.410 e. The number of amides is 1. The fourth-order valence-electron chi connectivity index (χ4n) is 5.93. The molecule has 0 spiro atoms. The van der Waals surface area contributed by atoms with Crippen molar-refractivity contribution in [2.45, 2.75) is 83.3 Å². The van der Waals surface area contributed by atoms with Gasteiger partial charge in [0.1, 0.15) is 5.60 Å². The molecular formula is C35H46N2O3Si. The Hall–Kier alpha value is -3.19. The van der Waals surface area contributed by atoms with Crippen molar-refractivity contribution in [2.75, 3.05) is 6.54 Å². The van der Waals surface area contributed by atoms with E-state index >= 15 is 0 Å². The zero-order valence-electron chi connectivity index (χ0n) is 25.5. The highest BCUT2D eigenvalue weighted by Gasteiger charge is 2.53. The predicted molar refractivity (Wildman–Crippen MR) is 171 cm³/mol. The van der Waals surface area contributed by atoms with Crippen LogP contribution in [0.5, 0.6) is 0 Å². The lowest BCUT2D eigenvalue weighted by molar-refractivity contribution is 0.0194. The number of carbonyl (C=O) groups is 1. The Morgan fingerprint density at radius 3 is 1.90 bits per heavy atom. The molecule has 0 aromatic heterocycles. The molecule has 1 saturated heterocycles. The Balaban J connectivity index is 1.70. The standard InChI is InChI=1S/C35H46N2O3Si/c1-8-31(36-25-27-18-12-9-13-19-27)32-24-28(26-37(32)33(38)39-34(2,3)4)40-41(35(5,6)7,29-20-14-10-15-21-29)30-22-16-11-17-23-30/h8-23,28,31-32,36H,1,24-26H2,2-7H3/t28-,31+,32+/m1/s1. The van der Waals surface area contributed by atoms with E-state index in [0.717, 1.165) is 0 Å². The van der Waals surface area contributed by atoms with Crippen molar-refractivity contribution in [2.24, 2.45) is 0 Å². The van der Waals surface area contributed by atoms with E-state index in [1.54, 1.807) is 0 Å². The summed E-state index contributed by atoms with van der Waals surface area (Å²) in [6.45, 7) is 17.9.